The smallest absolute Gasteiger partial charge is 0.191 e. The van der Waals surface area contributed by atoms with Crippen molar-refractivity contribution in [3.8, 4) is 0 Å². The molecule has 0 spiro atoms. The summed E-state index contributed by atoms with van der Waals surface area (Å²) in [6.45, 7) is 2.25. The van der Waals surface area contributed by atoms with Gasteiger partial charge in [-0.15, -0.1) is 0 Å². The molecule has 0 radical (unpaired) electrons. The van der Waals surface area contributed by atoms with Gasteiger partial charge in [-0.1, -0.05) is 36.0 Å². The molecule has 0 atom stereocenters. The molecule has 1 saturated carbocycles. The predicted molar refractivity (Wildman–Crippen MR) is 96.5 cm³/mol. The zero-order chi connectivity index (χ0) is 16.7. The Morgan fingerprint density at radius 2 is 2.09 bits per heavy atom. The lowest BCUT2D eigenvalue weighted by molar-refractivity contribution is 0.0574. The monoisotopic (exact) mass is 360 g/mol. The number of nitrogens with one attached hydrogen (secondary N) is 2. The Balaban J connectivity index is 1.64. The van der Waals surface area contributed by atoms with Gasteiger partial charge in [0.25, 0.3) is 0 Å². The molecular formula is C16H26Cl2N4O. The Morgan fingerprint density at radius 1 is 1.35 bits per heavy atom. The van der Waals surface area contributed by atoms with Crippen LogP contribution in [-0.4, -0.2) is 36.8 Å². The van der Waals surface area contributed by atoms with E-state index in [4.69, 9.17) is 27.9 Å². The van der Waals surface area contributed by atoms with E-state index in [1.54, 1.807) is 7.05 Å². The second-order valence-corrected chi connectivity index (χ2v) is 6.58. The summed E-state index contributed by atoms with van der Waals surface area (Å²) < 4.78 is 7.71. The van der Waals surface area contributed by atoms with Crippen LogP contribution in [0.25, 0.3) is 0 Å². The first-order valence-corrected chi connectivity index (χ1v) is 8.93. The molecule has 0 bridgehead atoms. The zero-order valence-electron chi connectivity index (χ0n) is 13.9. The Labute approximate surface area is 148 Å². The highest BCUT2D eigenvalue weighted by Crippen LogP contribution is 2.24. The zero-order valence-corrected chi connectivity index (χ0v) is 15.4. The number of aromatic nitrogens is 1. The first-order valence-electron chi connectivity index (χ1n) is 8.17. The molecule has 1 aliphatic rings. The van der Waals surface area contributed by atoms with Gasteiger partial charge in [-0.05, 0) is 25.3 Å². The van der Waals surface area contributed by atoms with E-state index in [-0.39, 0.29) is 0 Å². The van der Waals surface area contributed by atoms with Gasteiger partial charge in [0.05, 0.1) is 17.7 Å². The van der Waals surface area contributed by atoms with Crippen molar-refractivity contribution in [1.82, 2.24) is 15.2 Å². The summed E-state index contributed by atoms with van der Waals surface area (Å²) in [5, 5.41) is 7.67. The van der Waals surface area contributed by atoms with Gasteiger partial charge in [0.2, 0.25) is 0 Å². The number of nitrogens with zero attached hydrogens (tertiary/aromatic N) is 2. The normalized spacial score (nSPS) is 16.1. The molecule has 2 N–H and O–H groups in total. The van der Waals surface area contributed by atoms with Crippen LogP contribution in [0.15, 0.2) is 11.1 Å². The maximum atomic E-state index is 6.06. The summed E-state index contributed by atoms with van der Waals surface area (Å²) in [6.07, 6.45) is 6.52. The van der Waals surface area contributed by atoms with Crippen molar-refractivity contribution in [1.29, 1.82) is 0 Å². The number of ether oxygens (including phenoxy) is 1. The van der Waals surface area contributed by atoms with Crippen LogP contribution < -0.4 is 10.6 Å². The van der Waals surface area contributed by atoms with Crippen molar-refractivity contribution in [2.45, 2.75) is 44.8 Å². The van der Waals surface area contributed by atoms with Crippen LogP contribution >= 0.6 is 23.2 Å². The van der Waals surface area contributed by atoms with E-state index in [2.05, 4.69) is 15.6 Å². The molecule has 1 aliphatic carbocycles. The Bertz CT molecular complexity index is 524. The van der Waals surface area contributed by atoms with Gasteiger partial charge >= 0.3 is 0 Å². The summed E-state index contributed by atoms with van der Waals surface area (Å²) in [4.78, 5) is 4.22. The molecule has 5 nitrogen and oxygen atoms in total. The molecule has 0 saturated heterocycles. The van der Waals surface area contributed by atoms with Crippen molar-refractivity contribution in [3.63, 3.8) is 0 Å². The van der Waals surface area contributed by atoms with Crippen molar-refractivity contribution < 1.29 is 4.74 Å². The van der Waals surface area contributed by atoms with Crippen LogP contribution in [-0.2, 0) is 18.3 Å². The average Bonchev–Trinajstić information content (AvgIpc) is 3.15. The molecule has 1 fully saturated rings. The second kappa shape index (κ2) is 9.40. The van der Waals surface area contributed by atoms with Gasteiger partial charge in [0.15, 0.2) is 5.96 Å². The molecule has 1 heterocycles. The lowest BCUT2D eigenvalue weighted by Gasteiger charge is -2.14. The molecule has 2 rings (SSSR count). The number of rotatable bonds is 7. The standard InChI is InChI=1S/C16H26Cl2N4O/c1-19-16(20-8-5-9-23-13-6-3-4-7-13)21-11-12-10-14(17)15(18)22(12)2/h10,13H,3-9,11H2,1-2H3,(H2,19,20,21). The number of hydrogen-bond acceptors (Lipinski definition) is 2. The molecular weight excluding hydrogens is 335 g/mol. The third kappa shape index (κ3) is 5.59. The number of halogens is 2. The van der Waals surface area contributed by atoms with Gasteiger partial charge in [-0.25, -0.2) is 0 Å². The van der Waals surface area contributed by atoms with Crippen molar-refractivity contribution in [2.24, 2.45) is 12.0 Å². The molecule has 0 amide bonds. The summed E-state index contributed by atoms with van der Waals surface area (Å²) in [5.41, 5.74) is 1.01. The van der Waals surface area contributed by atoms with E-state index < -0.39 is 0 Å². The fourth-order valence-corrected chi connectivity index (χ4v) is 3.15. The maximum Gasteiger partial charge on any atom is 0.191 e. The minimum Gasteiger partial charge on any atom is -0.378 e. The summed E-state index contributed by atoms with van der Waals surface area (Å²) in [5.74, 6) is 0.763. The van der Waals surface area contributed by atoms with Crippen molar-refractivity contribution in [2.75, 3.05) is 20.2 Å². The lowest BCUT2D eigenvalue weighted by atomic mass is 10.3. The third-order valence-corrected chi connectivity index (χ3v) is 4.99. The van der Waals surface area contributed by atoms with Crippen LogP contribution in [0.2, 0.25) is 10.2 Å². The third-order valence-electron chi connectivity index (χ3n) is 4.15. The Hall–Kier alpha value is -0.910. The number of guanidine groups is 1. The highest BCUT2D eigenvalue weighted by Gasteiger charge is 2.14. The van der Waals surface area contributed by atoms with E-state index in [1.165, 1.54) is 25.7 Å². The van der Waals surface area contributed by atoms with Gasteiger partial charge < -0.3 is 19.9 Å². The number of hydrogen-bond donors (Lipinski definition) is 2. The minimum absolute atomic E-state index is 0.485. The Kier molecular flexibility index (Phi) is 7.53. The van der Waals surface area contributed by atoms with Gasteiger partial charge in [0, 0.05) is 32.9 Å². The van der Waals surface area contributed by atoms with Crippen molar-refractivity contribution >= 4 is 29.2 Å². The van der Waals surface area contributed by atoms with E-state index in [1.807, 2.05) is 17.7 Å². The van der Waals surface area contributed by atoms with Crippen LogP contribution in [0.4, 0.5) is 0 Å². The number of aliphatic imine (C=N–C) groups is 1. The molecule has 23 heavy (non-hydrogen) atoms. The van der Waals surface area contributed by atoms with E-state index in [9.17, 15) is 0 Å². The fraction of sp³-hybridized carbons (Fsp3) is 0.688. The summed E-state index contributed by atoms with van der Waals surface area (Å²) >= 11 is 12.1. The second-order valence-electron chi connectivity index (χ2n) is 5.82. The molecule has 0 aromatic carbocycles. The molecule has 1 aromatic rings. The predicted octanol–water partition coefficient (Wildman–Crippen LogP) is 3.35. The maximum absolute atomic E-state index is 6.06. The highest BCUT2D eigenvalue weighted by molar-refractivity contribution is 6.41. The first-order chi connectivity index (χ1) is 11.1. The van der Waals surface area contributed by atoms with Crippen molar-refractivity contribution in [3.05, 3.63) is 21.9 Å². The molecule has 7 heteroatoms. The van der Waals surface area contributed by atoms with Gasteiger partial charge in [0.1, 0.15) is 5.15 Å². The quantitative estimate of drug-likeness (QED) is 0.445. The highest BCUT2D eigenvalue weighted by atomic mass is 35.5. The van der Waals surface area contributed by atoms with Crippen LogP contribution in [0, 0.1) is 0 Å². The lowest BCUT2D eigenvalue weighted by Crippen LogP contribution is -2.38. The Morgan fingerprint density at radius 3 is 2.70 bits per heavy atom. The van der Waals surface area contributed by atoms with Crippen LogP contribution in [0.1, 0.15) is 37.8 Å². The molecule has 130 valence electrons. The van der Waals surface area contributed by atoms with Crippen LogP contribution in [0.3, 0.4) is 0 Å². The van der Waals surface area contributed by atoms with Gasteiger partial charge in [-0.2, -0.15) is 0 Å². The summed E-state index contributed by atoms with van der Waals surface area (Å²) in [7, 11) is 3.65. The first kappa shape index (κ1) is 18.4. The van der Waals surface area contributed by atoms with Gasteiger partial charge in [-0.3, -0.25) is 4.99 Å². The molecule has 1 aromatic heterocycles. The SMILES string of the molecule is CN=C(NCCCOC1CCCC1)NCc1cc(Cl)c(Cl)n1C. The summed E-state index contributed by atoms with van der Waals surface area (Å²) in [6, 6.07) is 1.86. The minimum atomic E-state index is 0.485. The topological polar surface area (TPSA) is 50.6 Å². The van der Waals surface area contributed by atoms with E-state index >= 15 is 0 Å². The van der Waals surface area contributed by atoms with Crippen LogP contribution in [0.5, 0.6) is 0 Å². The van der Waals surface area contributed by atoms with E-state index in [0.29, 0.717) is 22.8 Å². The largest absolute Gasteiger partial charge is 0.378 e. The molecule has 0 aliphatic heterocycles. The van der Waals surface area contributed by atoms with E-state index in [0.717, 1.165) is 31.2 Å². The fourth-order valence-electron chi connectivity index (χ4n) is 2.74. The average molecular weight is 361 g/mol. The molecule has 0 unspecified atom stereocenters.